The van der Waals surface area contributed by atoms with E-state index in [-0.39, 0.29) is 17.8 Å². The van der Waals surface area contributed by atoms with Gasteiger partial charge in [-0.2, -0.15) is 0 Å². The minimum Gasteiger partial charge on any atom is -0.468 e. The van der Waals surface area contributed by atoms with Gasteiger partial charge in [-0.05, 0) is 42.5 Å². The maximum atomic E-state index is 14.1. The third-order valence-corrected chi connectivity index (χ3v) is 5.60. The summed E-state index contributed by atoms with van der Waals surface area (Å²) >= 11 is 6.00. The number of benzene rings is 2. The van der Waals surface area contributed by atoms with E-state index in [0.29, 0.717) is 35.9 Å². The van der Waals surface area contributed by atoms with E-state index in [2.05, 4.69) is 15.1 Å². The summed E-state index contributed by atoms with van der Waals surface area (Å²) in [6, 6.07) is 17.4. The lowest BCUT2D eigenvalue weighted by Gasteiger charge is -2.39. The van der Waals surface area contributed by atoms with E-state index in [1.54, 1.807) is 42.7 Å². The van der Waals surface area contributed by atoms with Crippen LogP contribution in [-0.4, -0.2) is 43.5 Å². The van der Waals surface area contributed by atoms with Crippen LogP contribution >= 0.6 is 11.6 Å². The van der Waals surface area contributed by atoms with Gasteiger partial charge in [0, 0.05) is 43.3 Å². The summed E-state index contributed by atoms with van der Waals surface area (Å²) in [6.45, 7) is 3.25. The fraction of sp³-hybridized carbons (Fsp3) is 0.261. The number of anilines is 1. The molecule has 3 aromatic rings. The van der Waals surface area contributed by atoms with Crippen molar-refractivity contribution < 1.29 is 13.6 Å². The van der Waals surface area contributed by atoms with Crippen LogP contribution in [0.3, 0.4) is 0 Å². The molecular weight excluding hydrogens is 405 g/mol. The molecule has 1 atom stereocenters. The molecule has 1 aliphatic rings. The number of carbonyl (C=O) groups is 1. The zero-order valence-electron chi connectivity index (χ0n) is 16.4. The van der Waals surface area contributed by atoms with Crippen LogP contribution in [0.2, 0.25) is 5.02 Å². The van der Waals surface area contributed by atoms with Crippen LogP contribution in [0, 0.1) is 5.82 Å². The predicted molar refractivity (Wildman–Crippen MR) is 115 cm³/mol. The minimum atomic E-state index is -0.206. The molecule has 0 radical (unpaired) electrons. The Kier molecular flexibility index (Phi) is 6.35. The van der Waals surface area contributed by atoms with Crippen molar-refractivity contribution in [2.75, 3.05) is 37.6 Å². The molecule has 0 spiro atoms. The van der Waals surface area contributed by atoms with Crippen LogP contribution in [-0.2, 0) is 0 Å². The SMILES string of the molecule is O=C(NC[C@@H](c1ccco1)N1CCN(c2ccccc2F)CC1)c1cccc(Cl)c1. The van der Waals surface area contributed by atoms with Gasteiger partial charge in [0.05, 0.1) is 18.0 Å². The average Bonchev–Trinajstić information content (AvgIpc) is 3.29. The summed E-state index contributed by atoms with van der Waals surface area (Å²) in [5, 5.41) is 3.51. The molecule has 156 valence electrons. The normalized spacial score (nSPS) is 15.7. The van der Waals surface area contributed by atoms with Crippen molar-refractivity contribution in [2.24, 2.45) is 0 Å². The first kappa shape index (κ1) is 20.4. The van der Waals surface area contributed by atoms with Crippen LogP contribution < -0.4 is 10.2 Å². The Morgan fingerprint density at radius 3 is 2.57 bits per heavy atom. The van der Waals surface area contributed by atoms with E-state index in [4.69, 9.17) is 16.0 Å². The van der Waals surface area contributed by atoms with E-state index in [1.165, 1.54) is 6.07 Å². The second-order valence-electron chi connectivity index (χ2n) is 7.23. The molecule has 2 aromatic carbocycles. The molecule has 1 N–H and O–H groups in total. The summed E-state index contributed by atoms with van der Waals surface area (Å²) < 4.78 is 19.8. The molecule has 7 heteroatoms. The van der Waals surface area contributed by atoms with Gasteiger partial charge in [0.25, 0.3) is 5.91 Å². The first-order chi connectivity index (χ1) is 14.6. The number of nitrogens with one attached hydrogen (secondary N) is 1. The number of amides is 1. The lowest BCUT2D eigenvalue weighted by molar-refractivity contribution is 0.0922. The van der Waals surface area contributed by atoms with Gasteiger partial charge in [0.2, 0.25) is 0 Å². The Morgan fingerprint density at radius 2 is 1.87 bits per heavy atom. The Morgan fingerprint density at radius 1 is 1.07 bits per heavy atom. The number of furan rings is 1. The third kappa shape index (κ3) is 4.66. The molecule has 2 heterocycles. The Bertz CT molecular complexity index is 988. The van der Waals surface area contributed by atoms with Gasteiger partial charge in [0.15, 0.2) is 0 Å². The lowest BCUT2D eigenvalue weighted by Crippen LogP contribution is -2.50. The molecule has 30 heavy (non-hydrogen) atoms. The highest BCUT2D eigenvalue weighted by Crippen LogP contribution is 2.25. The fourth-order valence-corrected chi connectivity index (χ4v) is 3.98. The van der Waals surface area contributed by atoms with Gasteiger partial charge in [-0.3, -0.25) is 9.69 Å². The standard InChI is InChI=1S/C23H23ClFN3O2/c24-18-6-3-5-17(15-18)23(29)26-16-21(22-9-4-14-30-22)28-12-10-27(11-13-28)20-8-2-1-7-19(20)25/h1-9,14-15,21H,10-13,16H2,(H,26,29)/t21-/m0/s1. The van der Waals surface area contributed by atoms with Crippen molar-refractivity contribution in [2.45, 2.75) is 6.04 Å². The van der Waals surface area contributed by atoms with Gasteiger partial charge >= 0.3 is 0 Å². The summed E-state index contributed by atoms with van der Waals surface area (Å²) in [4.78, 5) is 16.9. The van der Waals surface area contributed by atoms with E-state index >= 15 is 0 Å². The summed E-state index contributed by atoms with van der Waals surface area (Å²) in [5.74, 6) is 0.405. The van der Waals surface area contributed by atoms with Crippen LogP contribution in [0.1, 0.15) is 22.2 Å². The van der Waals surface area contributed by atoms with Crippen LogP contribution in [0.4, 0.5) is 10.1 Å². The van der Waals surface area contributed by atoms with Crippen molar-refractivity contribution in [3.63, 3.8) is 0 Å². The molecule has 4 rings (SSSR count). The zero-order chi connectivity index (χ0) is 20.9. The van der Waals surface area contributed by atoms with Crippen molar-refractivity contribution in [3.05, 3.63) is 89.1 Å². The average molecular weight is 428 g/mol. The number of carbonyl (C=O) groups excluding carboxylic acids is 1. The topological polar surface area (TPSA) is 48.7 Å². The van der Waals surface area contributed by atoms with E-state index in [1.807, 2.05) is 18.2 Å². The Hall–Kier alpha value is -2.83. The number of para-hydroxylation sites is 1. The fourth-order valence-electron chi connectivity index (χ4n) is 3.79. The van der Waals surface area contributed by atoms with Gasteiger partial charge in [-0.1, -0.05) is 29.8 Å². The quantitative estimate of drug-likeness (QED) is 0.634. The van der Waals surface area contributed by atoms with Crippen LogP contribution in [0.15, 0.2) is 71.3 Å². The largest absolute Gasteiger partial charge is 0.468 e. The monoisotopic (exact) mass is 427 g/mol. The van der Waals surface area contributed by atoms with Crippen molar-refractivity contribution in [1.29, 1.82) is 0 Å². The highest BCUT2D eigenvalue weighted by molar-refractivity contribution is 6.30. The molecule has 0 bridgehead atoms. The number of rotatable bonds is 6. The molecule has 0 unspecified atom stereocenters. The molecule has 5 nitrogen and oxygen atoms in total. The first-order valence-electron chi connectivity index (χ1n) is 9.92. The maximum absolute atomic E-state index is 14.1. The van der Waals surface area contributed by atoms with E-state index < -0.39 is 0 Å². The van der Waals surface area contributed by atoms with E-state index in [9.17, 15) is 9.18 Å². The van der Waals surface area contributed by atoms with Gasteiger partial charge in [-0.15, -0.1) is 0 Å². The number of halogens is 2. The number of piperazine rings is 1. The molecular formula is C23H23ClFN3O2. The molecule has 1 aromatic heterocycles. The Balaban J connectivity index is 1.42. The van der Waals surface area contributed by atoms with Crippen LogP contribution in [0.5, 0.6) is 0 Å². The van der Waals surface area contributed by atoms with Crippen molar-refractivity contribution in [3.8, 4) is 0 Å². The van der Waals surface area contributed by atoms with Crippen LogP contribution in [0.25, 0.3) is 0 Å². The van der Waals surface area contributed by atoms with Crippen molar-refractivity contribution >= 4 is 23.2 Å². The summed E-state index contributed by atoms with van der Waals surface area (Å²) in [5.41, 5.74) is 1.14. The van der Waals surface area contributed by atoms with Gasteiger partial charge in [0.1, 0.15) is 11.6 Å². The molecule has 0 aliphatic carbocycles. The number of hydrogen-bond acceptors (Lipinski definition) is 4. The smallest absolute Gasteiger partial charge is 0.251 e. The molecule has 1 amide bonds. The lowest BCUT2D eigenvalue weighted by atomic mass is 10.1. The predicted octanol–water partition coefficient (Wildman–Crippen LogP) is 4.37. The third-order valence-electron chi connectivity index (χ3n) is 5.36. The highest BCUT2D eigenvalue weighted by Gasteiger charge is 2.28. The Labute approximate surface area is 180 Å². The first-order valence-corrected chi connectivity index (χ1v) is 10.3. The van der Waals surface area contributed by atoms with Gasteiger partial charge < -0.3 is 14.6 Å². The summed E-state index contributed by atoms with van der Waals surface area (Å²) in [6.07, 6.45) is 1.64. The molecule has 0 saturated carbocycles. The summed E-state index contributed by atoms with van der Waals surface area (Å²) in [7, 11) is 0. The van der Waals surface area contributed by atoms with Gasteiger partial charge in [-0.25, -0.2) is 4.39 Å². The second kappa shape index (κ2) is 9.32. The number of hydrogen-bond donors (Lipinski definition) is 1. The molecule has 1 aliphatic heterocycles. The highest BCUT2D eigenvalue weighted by atomic mass is 35.5. The molecule has 1 fully saturated rings. The molecule has 1 saturated heterocycles. The van der Waals surface area contributed by atoms with E-state index in [0.717, 1.165) is 18.8 Å². The maximum Gasteiger partial charge on any atom is 0.251 e. The minimum absolute atomic E-state index is 0.106. The van der Waals surface area contributed by atoms with Crippen molar-refractivity contribution in [1.82, 2.24) is 10.2 Å². The second-order valence-corrected chi connectivity index (χ2v) is 7.66. The zero-order valence-corrected chi connectivity index (χ0v) is 17.2. The number of nitrogens with zero attached hydrogens (tertiary/aromatic N) is 2.